The van der Waals surface area contributed by atoms with Gasteiger partial charge < -0.3 is 15.1 Å². The SMILES string of the molecule is C#C.C1CCNCC1.CC.CNC(=O)c1c(-c2ccc(F)cc2)oc2cc(C)ccc12. The van der Waals surface area contributed by atoms with E-state index in [-0.39, 0.29) is 11.7 Å². The Labute approximate surface area is 185 Å². The molecular weight excluding hydrogens is 391 g/mol. The summed E-state index contributed by atoms with van der Waals surface area (Å²) in [4.78, 5) is 12.2. The van der Waals surface area contributed by atoms with Gasteiger partial charge in [0.05, 0.1) is 5.56 Å². The molecule has 0 bridgehead atoms. The van der Waals surface area contributed by atoms with Gasteiger partial charge in [-0.05, 0) is 68.8 Å². The standard InChI is InChI=1S/C17H14FNO2.C5H11N.C2H6.C2H2/c1-10-3-8-13-14(9-10)21-16(15(13)17(20)19-2)11-4-6-12(18)7-5-11;1-2-4-6-5-3-1;2*1-2/h3-9H,1-2H3,(H,19,20);6H,1-5H2;1-2H3;1-2H. The first-order valence-corrected chi connectivity index (χ1v) is 10.7. The molecule has 5 heteroatoms. The highest BCUT2D eigenvalue weighted by atomic mass is 19.1. The maximum absolute atomic E-state index is 13.1. The van der Waals surface area contributed by atoms with Crippen molar-refractivity contribution in [2.45, 2.75) is 40.0 Å². The lowest BCUT2D eigenvalue weighted by Crippen LogP contribution is -2.21. The summed E-state index contributed by atoms with van der Waals surface area (Å²) in [6.45, 7) is 8.46. The van der Waals surface area contributed by atoms with Crippen LogP contribution in [0.25, 0.3) is 22.3 Å². The van der Waals surface area contributed by atoms with Gasteiger partial charge in [0.15, 0.2) is 0 Å². The zero-order chi connectivity index (χ0) is 23.2. The minimum atomic E-state index is -0.327. The van der Waals surface area contributed by atoms with Crippen LogP contribution in [0.2, 0.25) is 0 Å². The van der Waals surface area contributed by atoms with E-state index < -0.39 is 0 Å². The molecule has 2 heterocycles. The highest BCUT2D eigenvalue weighted by Crippen LogP contribution is 2.34. The lowest BCUT2D eigenvalue weighted by molar-refractivity contribution is 0.0964. The predicted octanol–water partition coefficient (Wildman–Crippen LogP) is 5.94. The summed E-state index contributed by atoms with van der Waals surface area (Å²) < 4.78 is 18.9. The maximum Gasteiger partial charge on any atom is 0.255 e. The molecule has 1 aliphatic rings. The predicted molar refractivity (Wildman–Crippen MR) is 128 cm³/mol. The third-order valence-electron chi connectivity index (χ3n) is 4.61. The summed E-state index contributed by atoms with van der Waals surface area (Å²) in [5.41, 5.74) is 2.83. The molecule has 1 aliphatic heterocycles. The number of hydrogen-bond acceptors (Lipinski definition) is 3. The smallest absolute Gasteiger partial charge is 0.255 e. The number of halogens is 1. The second-order valence-corrected chi connectivity index (χ2v) is 6.70. The molecule has 166 valence electrons. The molecule has 2 N–H and O–H groups in total. The molecule has 1 aromatic heterocycles. The van der Waals surface area contributed by atoms with E-state index in [1.807, 2.05) is 39.0 Å². The van der Waals surface area contributed by atoms with Gasteiger partial charge >= 0.3 is 0 Å². The molecule has 2 aromatic carbocycles. The maximum atomic E-state index is 13.1. The number of hydrogen-bond donors (Lipinski definition) is 2. The number of furan rings is 1. The van der Waals surface area contributed by atoms with Crippen molar-refractivity contribution < 1.29 is 13.6 Å². The van der Waals surface area contributed by atoms with Gasteiger partial charge in [-0.25, -0.2) is 4.39 Å². The van der Waals surface area contributed by atoms with Gasteiger partial charge in [0.2, 0.25) is 0 Å². The van der Waals surface area contributed by atoms with Crippen LogP contribution < -0.4 is 10.6 Å². The Bertz CT molecular complexity index is 943. The number of piperidine rings is 1. The van der Waals surface area contributed by atoms with Crippen LogP contribution in [0.4, 0.5) is 4.39 Å². The average molecular weight is 425 g/mol. The molecule has 0 unspecified atom stereocenters. The van der Waals surface area contributed by atoms with Gasteiger partial charge in [-0.15, -0.1) is 12.8 Å². The lowest BCUT2D eigenvalue weighted by atomic mass is 10.0. The molecule has 0 saturated carbocycles. The van der Waals surface area contributed by atoms with Crippen molar-refractivity contribution in [1.82, 2.24) is 10.6 Å². The third-order valence-corrected chi connectivity index (χ3v) is 4.61. The highest BCUT2D eigenvalue weighted by Gasteiger charge is 2.21. The van der Waals surface area contributed by atoms with Crippen LogP contribution >= 0.6 is 0 Å². The molecule has 4 rings (SSSR count). The van der Waals surface area contributed by atoms with E-state index in [2.05, 4.69) is 23.5 Å². The molecule has 3 aromatic rings. The van der Waals surface area contributed by atoms with Crippen molar-refractivity contribution in [3.8, 4) is 24.2 Å². The summed E-state index contributed by atoms with van der Waals surface area (Å²) in [7, 11) is 1.57. The monoisotopic (exact) mass is 424 g/mol. The quantitative estimate of drug-likeness (QED) is 0.500. The topological polar surface area (TPSA) is 54.3 Å². The first-order chi connectivity index (χ1) is 15.1. The number of aryl methyl sites for hydroxylation is 1. The van der Waals surface area contributed by atoms with Crippen molar-refractivity contribution in [3.63, 3.8) is 0 Å². The number of amides is 1. The van der Waals surface area contributed by atoms with E-state index in [0.717, 1.165) is 10.9 Å². The normalized spacial score (nSPS) is 12.2. The number of rotatable bonds is 2. The summed E-state index contributed by atoms with van der Waals surface area (Å²) >= 11 is 0. The fraction of sp³-hybridized carbons (Fsp3) is 0.346. The summed E-state index contributed by atoms with van der Waals surface area (Å²) in [5.74, 6) is -0.0981. The Morgan fingerprint density at radius 1 is 1.03 bits per heavy atom. The van der Waals surface area contributed by atoms with E-state index in [1.54, 1.807) is 19.2 Å². The number of carbonyl (C=O) groups excluding carboxylic acids is 1. The van der Waals surface area contributed by atoms with Crippen LogP contribution in [0.3, 0.4) is 0 Å². The Balaban J connectivity index is 0.000000404. The van der Waals surface area contributed by atoms with Crippen LogP contribution in [0, 0.1) is 25.6 Å². The molecule has 0 spiro atoms. The molecule has 0 atom stereocenters. The number of terminal acetylenes is 1. The van der Waals surface area contributed by atoms with Crippen molar-refractivity contribution >= 4 is 16.9 Å². The Morgan fingerprint density at radius 2 is 1.65 bits per heavy atom. The van der Waals surface area contributed by atoms with Crippen molar-refractivity contribution in [2.24, 2.45) is 0 Å². The molecule has 1 amide bonds. The molecule has 1 fully saturated rings. The van der Waals surface area contributed by atoms with Crippen molar-refractivity contribution in [3.05, 3.63) is 59.4 Å². The first kappa shape index (κ1) is 25.9. The second-order valence-electron chi connectivity index (χ2n) is 6.70. The van der Waals surface area contributed by atoms with Gasteiger partial charge in [-0.1, -0.05) is 32.4 Å². The minimum Gasteiger partial charge on any atom is -0.455 e. The number of benzene rings is 2. The number of fused-ring (bicyclic) bond motifs is 1. The zero-order valence-electron chi connectivity index (χ0n) is 18.9. The molecule has 0 radical (unpaired) electrons. The molecule has 0 aliphatic carbocycles. The first-order valence-electron chi connectivity index (χ1n) is 10.7. The van der Waals surface area contributed by atoms with E-state index in [1.165, 1.54) is 44.5 Å². The van der Waals surface area contributed by atoms with Gasteiger partial charge in [0.25, 0.3) is 5.91 Å². The Kier molecular flexibility index (Phi) is 11.7. The Morgan fingerprint density at radius 3 is 2.13 bits per heavy atom. The fourth-order valence-electron chi connectivity index (χ4n) is 3.16. The van der Waals surface area contributed by atoms with E-state index >= 15 is 0 Å². The van der Waals surface area contributed by atoms with Gasteiger partial charge in [-0.3, -0.25) is 4.79 Å². The number of carbonyl (C=O) groups is 1. The summed E-state index contributed by atoms with van der Waals surface area (Å²) in [6, 6.07) is 11.6. The van der Waals surface area contributed by atoms with Gasteiger partial charge in [-0.2, -0.15) is 0 Å². The minimum absolute atomic E-state index is 0.225. The average Bonchev–Trinajstić information content (AvgIpc) is 3.21. The van der Waals surface area contributed by atoms with Gasteiger partial charge in [0.1, 0.15) is 17.2 Å². The Hall–Kier alpha value is -3.10. The highest BCUT2D eigenvalue weighted by molar-refractivity contribution is 6.11. The van der Waals surface area contributed by atoms with Crippen LogP contribution in [-0.4, -0.2) is 26.0 Å². The molecule has 4 nitrogen and oxygen atoms in total. The van der Waals surface area contributed by atoms with E-state index in [0.29, 0.717) is 22.5 Å². The largest absolute Gasteiger partial charge is 0.455 e. The van der Waals surface area contributed by atoms with Crippen molar-refractivity contribution in [1.29, 1.82) is 0 Å². The summed E-state index contributed by atoms with van der Waals surface area (Å²) in [6.07, 6.45) is 12.2. The van der Waals surface area contributed by atoms with Crippen LogP contribution in [0.5, 0.6) is 0 Å². The van der Waals surface area contributed by atoms with Crippen LogP contribution in [-0.2, 0) is 0 Å². The molecular formula is C26H33FN2O2. The number of nitrogens with one attached hydrogen (secondary N) is 2. The molecule has 31 heavy (non-hydrogen) atoms. The second kappa shape index (κ2) is 14.0. The molecule has 1 saturated heterocycles. The van der Waals surface area contributed by atoms with Gasteiger partial charge in [0, 0.05) is 18.0 Å². The van der Waals surface area contributed by atoms with E-state index in [9.17, 15) is 9.18 Å². The van der Waals surface area contributed by atoms with Crippen LogP contribution in [0.1, 0.15) is 49.0 Å². The summed E-state index contributed by atoms with van der Waals surface area (Å²) in [5, 5.41) is 6.66. The lowest BCUT2D eigenvalue weighted by Gasteiger charge is -2.08. The zero-order valence-corrected chi connectivity index (χ0v) is 18.9. The third kappa shape index (κ3) is 7.27. The fourth-order valence-corrected chi connectivity index (χ4v) is 3.16. The van der Waals surface area contributed by atoms with Crippen molar-refractivity contribution in [2.75, 3.05) is 20.1 Å². The van der Waals surface area contributed by atoms with E-state index in [4.69, 9.17) is 4.42 Å². The van der Waals surface area contributed by atoms with Crippen LogP contribution in [0.15, 0.2) is 46.9 Å².